The topological polar surface area (TPSA) is 108 Å². The number of hydrogen-bond acceptors (Lipinski definition) is 5. The summed E-state index contributed by atoms with van der Waals surface area (Å²) >= 11 is 1.01. The predicted octanol–water partition coefficient (Wildman–Crippen LogP) is 2.25. The van der Waals surface area contributed by atoms with Gasteiger partial charge in [0.1, 0.15) is 10.7 Å². The van der Waals surface area contributed by atoms with Crippen LogP contribution in [0.5, 0.6) is 0 Å². The fraction of sp³-hybridized carbons (Fsp3) is 0.333. The third kappa shape index (κ3) is 2.85. The van der Waals surface area contributed by atoms with Crippen molar-refractivity contribution in [1.29, 1.82) is 0 Å². The number of aromatic carboxylic acids is 1. The lowest BCUT2D eigenvalue weighted by atomic mass is 10.2. The van der Waals surface area contributed by atoms with Gasteiger partial charge in [-0.05, 0) is 18.6 Å². The second kappa shape index (κ2) is 5.41. The highest BCUT2D eigenvalue weighted by atomic mass is 32.1. The van der Waals surface area contributed by atoms with Gasteiger partial charge in [-0.3, -0.25) is 9.89 Å². The Morgan fingerprint density at radius 2 is 2.15 bits per heavy atom. The van der Waals surface area contributed by atoms with Gasteiger partial charge < -0.3 is 10.4 Å². The molecular formula is C12H14N4O3S. The van der Waals surface area contributed by atoms with Crippen molar-refractivity contribution < 1.29 is 14.7 Å². The molecule has 0 radical (unpaired) electrons. The number of nitrogens with one attached hydrogen (secondary N) is 2. The normalized spacial score (nSPS) is 10.8. The third-order valence-electron chi connectivity index (χ3n) is 2.60. The molecule has 0 spiro atoms. The lowest BCUT2D eigenvalue weighted by molar-refractivity contribution is 0.0701. The van der Waals surface area contributed by atoms with Gasteiger partial charge in [0.2, 0.25) is 5.82 Å². The SMILES string of the molecule is Cc1cc(NC(=O)c2n[nH]c(C(C)C)n2)sc1C(=O)O. The number of aromatic nitrogens is 3. The molecule has 2 heterocycles. The largest absolute Gasteiger partial charge is 0.477 e. The summed E-state index contributed by atoms with van der Waals surface area (Å²) in [5.41, 5.74) is 0.607. The average Bonchev–Trinajstić information content (AvgIpc) is 2.95. The monoisotopic (exact) mass is 294 g/mol. The lowest BCUT2D eigenvalue weighted by Gasteiger charge is -1.97. The summed E-state index contributed by atoms with van der Waals surface area (Å²) < 4.78 is 0. The molecule has 8 heteroatoms. The van der Waals surface area contributed by atoms with E-state index in [4.69, 9.17) is 5.11 Å². The van der Waals surface area contributed by atoms with Crippen molar-refractivity contribution in [2.75, 3.05) is 5.32 Å². The van der Waals surface area contributed by atoms with Crippen molar-refractivity contribution in [3.05, 3.63) is 28.2 Å². The minimum Gasteiger partial charge on any atom is -0.477 e. The molecule has 0 saturated heterocycles. The summed E-state index contributed by atoms with van der Waals surface area (Å²) in [5, 5.41) is 18.6. The molecule has 0 bridgehead atoms. The van der Waals surface area contributed by atoms with Crippen molar-refractivity contribution in [3.63, 3.8) is 0 Å². The van der Waals surface area contributed by atoms with Gasteiger partial charge in [0.25, 0.3) is 5.91 Å². The molecule has 2 aromatic rings. The number of nitrogens with zero attached hydrogens (tertiary/aromatic N) is 2. The molecule has 0 aliphatic heterocycles. The van der Waals surface area contributed by atoms with Crippen LogP contribution in [0.15, 0.2) is 6.07 Å². The van der Waals surface area contributed by atoms with E-state index in [2.05, 4.69) is 20.5 Å². The molecule has 1 amide bonds. The van der Waals surface area contributed by atoms with Crippen LogP contribution in [0.3, 0.4) is 0 Å². The Kier molecular flexibility index (Phi) is 3.84. The smallest absolute Gasteiger partial charge is 0.346 e. The van der Waals surface area contributed by atoms with Crippen molar-refractivity contribution >= 4 is 28.2 Å². The summed E-state index contributed by atoms with van der Waals surface area (Å²) in [4.78, 5) is 27.2. The summed E-state index contributed by atoms with van der Waals surface area (Å²) in [6, 6.07) is 1.61. The Morgan fingerprint density at radius 3 is 2.65 bits per heavy atom. The Bertz CT molecular complexity index is 659. The zero-order valence-corrected chi connectivity index (χ0v) is 12.0. The molecule has 0 aromatic carbocycles. The Morgan fingerprint density at radius 1 is 1.45 bits per heavy atom. The summed E-state index contributed by atoms with van der Waals surface area (Å²) in [7, 11) is 0. The van der Waals surface area contributed by atoms with Crippen LogP contribution in [-0.4, -0.2) is 32.2 Å². The summed E-state index contributed by atoms with van der Waals surface area (Å²) in [6.45, 7) is 5.55. The van der Waals surface area contributed by atoms with Crippen molar-refractivity contribution in [2.45, 2.75) is 26.7 Å². The van der Waals surface area contributed by atoms with E-state index in [1.165, 1.54) is 0 Å². The lowest BCUT2D eigenvalue weighted by Crippen LogP contribution is -2.13. The first-order chi connectivity index (χ1) is 9.38. The second-order valence-electron chi connectivity index (χ2n) is 4.58. The predicted molar refractivity (Wildman–Crippen MR) is 74.4 cm³/mol. The van der Waals surface area contributed by atoms with E-state index < -0.39 is 11.9 Å². The third-order valence-corrected chi connectivity index (χ3v) is 3.74. The first kappa shape index (κ1) is 14.2. The van der Waals surface area contributed by atoms with Gasteiger partial charge in [0, 0.05) is 5.92 Å². The van der Waals surface area contributed by atoms with Crippen LogP contribution in [0, 0.1) is 6.92 Å². The molecule has 7 nitrogen and oxygen atoms in total. The molecule has 3 N–H and O–H groups in total. The van der Waals surface area contributed by atoms with E-state index in [0.717, 1.165) is 11.3 Å². The maximum Gasteiger partial charge on any atom is 0.346 e. The zero-order valence-electron chi connectivity index (χ0n) is 11.2. The van der Waals surface area contributed by atoms with Crippen LogP contribution in [0.25, 0.3) is 0 Å². The van der Waals surface area contributed by atoms with Gasteiger partial charge >= 0.3 is 5.97 Å². The number of hydrogen-bond donors (Lipinski definition) is 3. The van der Waals surface area contributed by atoms with E-state index in [9.17, 15) is 9.59 Å². The van der Waals surface area contributed by atoms with E-state index in [1.807, 2.05) is 13.8 Å². The van der Waals surface area contributed by atoms with Crippen LogP contribution in [-0.2, 0) is 0 Å². The standard InChI is InChI=1S/C12H14N4O3S/c1-5(2)9-14-10(16-15-9)11(17)13-7-4-6(3)8(20-7)12(18)19/h4-5H,1-3H3,(H,13,17)(H,18,19)(H,14,15,16). The number of rotatable bonds is 4. The van der Waals surface area contributed by atoms with Gasteiger partial charge in [-0.1, -0.05) is 13.8 Å². The quantitative estimate of drug-likeness (QED) is 0.801. The van der Waals surface area contributed by atoms with Crippen LogP contribution in [0.2, 0.25) is 0 Å². The minimum atomic E-state index is -1.01. The number of carbonyl (C=O) groups excluding carboxylic acids is 1. The summed E-state index contributed by atoms with van der Waals surface area (Å²) in [6.07, 6.45) is 0. The van der Waals surface area contributed by atoms with Gasteiger partial charge in [-0.25, -0.2) is 9.78 Å². The molecule has 2 aromatic heterocycles. The molecule has 0 unspecified atom stereocenters. The van der Waals surface area contributed by atoms with Gasteiger partial charge in [-0.15, -0.1) is 16.4 Å². The fourth-order valence-electron chi connectivity index (χ4n) is 1.56. The van der Waals surface area contributed by atoms with Gasteiger partial charge in [-0.2, -0.15) is 0 Å². The molecule has 0 saturated carbocycles. The summed E-state index contributed by atoms with van der Waals surface area (Å²) in [5.74, 6) is -0.661. The van der Waals surface area contributed by atoms with Crippen molar-refractivity contribution in [1.82, 2.24) is 15.2 Å². The molecule has 0 fully saturated rings. The van der Waals surface area contributed by atoms with E-state index in [-0.39, 0.29) is 16.6 Å². The van der Waals surface area contributed by atoms with Crippen molar-refractivity contribution in [3.8, 4) is 0 Å². The number of H-pyrrole nitrogens is 1. The number of anilines is 1. The maximum absolute atomic E-state index is 11.9. The number of amides is 1. The molecule has 0 aliphatic rings. The molecule has 0 atom stereocenters. The van der Waals surface area contributed by atoms with E-state index in [1.54, 1.807) is 13.0 Å². The second-order valence-corrected chi connectivity index (χ2v) is 5.63. The Hall–Kier alpha value is -2.22. The van der Waals surface area contributed by atoms with Gasteiger partial charge in [0.05, 0.1) is 5.00 Å². The number of thiophene rings is 1. The highest BCUT2D eigenvalue weighted by molar-refractivity contribution is 7.18. The fourth-order valence-corrected chi connectivity index (χ4v) is 2.46. The first-order valence-corrected chi connectivity index (χ1v) is 6.77. The highest BCUT2D eigenvalue weighted by Crippen LogP contribution is 2.26. The van der Waals surface area contributed by atoms with E-state index in [0.29, 0.717) is 16.4 Å². The zero-order chi connectivity index (χ0) is 14.9. The highest BCUT2D eigenvalue weighted by Gasteiger charge is 2.17. The number of aryl methyl sites for hydroxylation is 1. The van der Waals surface area contributed by atoms with Crippen molar-refractivity contribution in [2.24, 2.45) is 0 Å². The van der Waals surface area contributed by atoms with Crippen LogP contribution in [0.4, 0.5) is 5.00 Å². The molecule has 0 aliphatic carbocycles. The number of carbonyl (C=O) groups is 2. The maximum atomic E-state index is 11.9. The van der Waals surface area contributed by atoms with Crippen LogP contribution < -0.4 is 5.32 Å². The van der Waals surface area contributed by atoms with Gasteiger partial charge in [0.15, 0.2) is 0 Å². The van der Waals surface area contributed by atoms with E-state index >= 15 is 0 Å². The van der Waals surface area contributed by atoms with Crippen LogP contribution in [0.1, 0.15) is 51.4 Å². The minimum absolute atomic E-state index is 0.0385. The number of carboxylic acid groups (broad SMARTS) is 1. The molecule has 2 rings (SSSR count). The Balaban J connectivity index is 2.14. The van der Waals surface area contributed by atoms with Crippen LogP contribution >= 0.6 is 11.3 Å². The molecule has 106 valence electrons. The number of carboxylic acids is 1. The average molecular weight is 294 g/mol. The Labute approximate surface area is 119 Å². The molecular weight excluding hydrogens is 280 g/mol. The molecule has 20 heavy (non-hydrogen) atoms. The first-order valence-electron chi connectivity index (χ1n) is 5.96. The number of aromatic amines is 1.